The van der Waals surface area contributed by atoms with E-state index in [1.807, 2.05) is 48.5 Å². The Morgan fingerprint density at radius 2 is 2.07 bits per heavy atom. The molecule has 0 aliphatic carbocycles. The molecule has 0 unspecified atom stereocenters. The monoisotopic (exact) mass is 424 g/mol. The van der Waals surface area contributed by atoms with Crippen molar-refractivity contribution in [2.45, 2.75) is 25.3 Å². The molecule has 1 aromatic heterocycles. The van der Waals surface area contributed by atoms with Crippen molar-refractivity contribution >= 4 is 23.3 Å². The topological polar surface area (TPSA) is 70.2 Å². The second-order valence-electron chi connectivity index (χ2n) is 7.49. The first-order valence-corrected chi connectivity index (χ1v) is 10.5. The van der Waals surface area contributed by atoms with Crippen molar-refractivity contribution in [3.05, 3.63) is 65.2 Å². The number of amides is 1. The zero-order valence-corrected chi connectivity index (χ0v) is 17.7. The van der Waals surface area contributed by atoms with Gasteiger partial charge in [0.1, 0.15) is 5.75 Å². The van der Waals surface area contributed by atoms with Gasteiger partial charge in [-0.15, -0.1) is 0 Å². The lowest BCUT2D eigenvalue weighted by molar-refractivity contribution is -0.121. The van der Waals surface area contributed by atoms with E-state index >= 15 is 0 Å². The summed E-state index contributed by atoms with van der Waals surface area (Å²) in [5.74, 6) is 1.71. The van der Waals surface area contributed by atoms with Crippen molar-refractivity contribution in [2.75, 3.05) is 25.1 Å². The number of anilines is 1. The van der Waals surface area contributed by atoms with Crippen LogP contribution in [0.2, 0.25) is 5.02 Å². The zero-order valence-electron chi connectivity index (χ0n) is 16.9. The first-order valence-electron chi connectivity index (χ1n) is 10.1. The van der Waals surface area contributed by atoms with Gasteiger partial charge in [0.25, 0.3) is 0 Å². The maximum Gasteiger partial charge on any atom is 0.224 e. The highest BCUT2D eigenvalue weighted by atomic mass is 35.5. The van der Waals surface area contributed by atoms with Gasteiger partial charge in [0.2, 0.25) is 5.91 Å². The normalized spacial score (nSPS) is 16.3. The van der Waals surface area contributed by atoms with Crippen LogP contribution < -0.4 is 15.0 Å². The molecule has 1 atom stereocenters. The average molecular weight is 425 g/mol. The molecule has 0 spiro atoms. The van der Waals surface area contributed by atoms with Crippen LogP contribution in [0.4, 0.5) is 5.82 Å². The Morgan fingerprint density at radius 3 is 2.83 bits per heavy atom. The quantitative estimate of drug-likeness (QED) is 0.625. The number of aromatic nitrogens is 2. The standard InChI is InChI=1S/C23H25ClN4O2/c1-30-19-10-8-16(9-11-19)21-14-22(27-26-21)28-12-4-6-18(15-28)25-23(29)13-17-5-2-3-7-20(17)24/h2-3,5,7-11,14,18H,4,6,12-13,15H2,1H3,(H,25,29)(H,26,27)/t18-/m1/s1. The van der Waals surface area contributed by atoms with Crippen LogP contribution in [0.5, 0.6) is 5.75 Å². The molecule has 156 valence electrons. The van der Waals surface area contributed by atoms with Gasteiger partial charge in [-0.2, -0.15) is 5.10 Å². The molecule has 1 amide bonds. The van der Waals surface area contributed by atoms with Crippen LogP contribution in [0.15, 0.2) is 54.6 Å². The number of hydrogen-bond donors (Lipinski definition) is 2. The third kappa shape index (κ3) is 4.76. The van der Waals surface area contributed by atoms with Gasteiger partial charge < -0.3 is 15.0 Å². The molecule has 4 rings (SSSR count). The highest BCUT2D eigenvalue weighted by Crippen LogP contribution is 2.26. The third-order valence-corrected chi connectivity index (χ3v) is 5.75. The molecule has 3 aromatic rings. The van der Waals surface area contributed by atoms with E-state index in [9.17, 15) is 4.79 Å². The SMILES string of the molecule is COc1ccc(-c2cc(N3CCC[C@@H](NC(=O)Cc4ccccc4Cl)C3)n[nH]2)cc1. The third-order valence-electron chi connectivity index (χ3n) is 5.38. The smallest absolute Gasteiger partial charge is 0.224 e. The Balaban J connectivity index is 1.37. The largest absolute Gasteiger partial charge is 0.497 e. The number of carbonyl (C=O) groups is 1. The van der Waals surface area contributed by atoms with Gasteiger partial charge in [-0.3, -0.25) is 9.89 Å². The lowest BCUT2D eigenvalue weighted by Gasteiger charge is -2.33. The first kappa shape index (κ1) is 20.3. The number of halogens is 1. The fraction of sp³-hybridized carbons (Fsp3) is 0.304. The van der Waals surface area contributed by atoms with Crippen molar-refractivity contribution in [1.82, 2.24) is 15.5 Å². The van der Waals surface area contributed by atoms with Gasteiger partial charge in [-0.05, 0) is 54.3 Å². The molecule has 2 aromatic carbocycles. The number of aromatic amines is 1. The van der Waals surface area contributed by atoms with Crippen LogP contribution in [-0.4, -0.2) is 42.3 Å². The molecule has 0 radical (unpaired) electrons. The molecule has 0 saturated carbocycles. The van der Waals surface area contributed by atoms with E-state index in [0.717, 1.165) is 54.3 Å². The van der Waals surface area contributed by atoms with Crippen molar-refractivity contribution in [3.8, 4) is 17.0 Å². The second kappa shape index (κ2) is 9.22. The van der Waals surface area contributed by atoms with Crippen molar-refractivity contribution in [2.24, 2.45) is 0 Å². The summed E-state index contributed by atoms with van der Waals surface area (Å²) < 4.78 is 5.22. The summed E-state index contributed by atoms with van der Waals surface area (Å²) in [5, 5.41) is 11.4. The number of nitrogens with zero attached hydrogens (tertiary/aromatic N) is 2. The number of nitrogens with one attached hydrogen (secondary N) is 2. The van der Waals surface area contributed by atoms with Gasteiger partial charge >= 0.3 is 0 Å². The molecule has 6 nitrogen and oxygen atoms in total. The van der Waals surface area contributed by atoms with E-state index < -0.39 is 0 Å². The Kier molecular flexibility index (Phi) is 6.23. The Hall–Kier alpha value is -2.99. The summed E-state index contributed by atoms with van der Waals surface area (Å²) in [5.41, 5.74) is 2.86. The number of piperidine rings is 1. The maximum absolute atomic E-state index is 12.5. The first-order chi connectivity index (χ1) is 14.6. The molecule has 7 heteroatoms. The summed E-state index contributed by atoms with van der Waals surface area (Å²) in [6.07, 6.45) is 2.25. The summed E-state index contributed by atoms with van der Waals surface area (Å²) in [4.78, 5) is 14.7. The van der Waals surface area contributed by atoms with Gasteiger partial charge in [-0.25, -0.2) is 0 Å². The van der Waals surface area contributed by atoms with Crippen molar-refractivity contribution in [3.63, 3.8) is 0 Å². The minimum Gasteiger partial charge on any atom is -0.497 e. The van der Waals surface area contributed by atoms with E-state index in [-0.39, 0.29) is 11.9 Å². The molecule has 1 aliphatic heterocycles. The lowest BCUT2D eigenvalue weighted by Crippen LogP contribution is -2.48. The Morgan fingerprint density at radius 1 is 1.27 bits per heavy atom. The Labute approximate surface area is 181 Å². The summed E-state index contributed by atoms with van der Waals surface area (Å²) in [6.45, 7) is 1.66. The van der Waals surface area contributed by atoms with Crippen LogP contribution in [0, 0.1) is 0 Å². The minimum atomic E-state index is -0.00380. The van der Waals surface area contributed by atoms with Gasteiger partial charge in [-0.1, -0.05) is 29.8 Å². The van der Waals surface area contributed by atoms with E-state index in [1.165, 1.54) is 0 Å². The predicted molar refractivity (Wildman–Crippen MR) is 119 cm³/mol. The molecule has 1 fully saturated rings. The van der Waals surface area contributed by atoms with Crippen LogP contribution in [0.1, 0.15) is 18.4 Å². The van der Waals surface area contributed by atoms with Crippen molar-refractivity contribution in [1.29, 1.82) is 0 Å². The fourth-order valence-corrected chi connectivity index (χ4v) is 3.99. The number of hydrogen-bond acceptors (Lipinski definition) is 4. The van der Waals surface area contributed by atoms with Crippen LogP contribution in [-0.2, 0) is 11.2 Å². The number of H-pyrrole nitrogens is 1. The van der Waals surface area contributed by atoms with Crippen LogP contribution in [0.3, 0.4) is 0 Å². The molecule has 1 aliphatic rings. The number of methoxy groups -OCH3 is 1. The summed E-state index contributed by atoms with van der Waals surface area (Å²) in [6, 6.07) is 17.5. The van der Waals surface area contributed by atoms with Crippen molar-refractivity contribution < 1.29 is 9.53 Å². The summed E-state index contributed by atoms with van der Waals surface area (Å²) >= 11 is 6.18. The van der Waals surface area contributed by atoms with E-state index in [1.54, 1.807) is 7.11 Å². The minimum absolute atomic E-state index is 0.00380. The highest BCUT2D eigenvalue weighted by Gasteiger charge is 2.23. The fourth-order valence-electron chi connectivity index (χ4n) is 3.79. The van der Waals surface area contributed by atoms with E-state index in [0.29, 0.717) is 11.4 Å². The molecule has 1 saturated heterocycles. The number of ether oxygens (including phenoxy) is 1. The van der Waals surface area contributed by atoms with Crippen LogP contribution in [0.25, 0.3) is 11.3 Å². The van der Waals surface area contributed by atoms with Crippen LogP contribution >= 0.6 is 11.6 Å². The molecule has 2 N–H and O–H groups in total. The molecule has 2 heterocycles. The van der Waals surface area contributed by atoms with E-state index in [2.05, 4.69) is 26.5 Å². The van der Waals surface area contributed by atoms with E-state index in [4.69, 9.17) is 16.3 Å². The molecule has 30 heavy (non-hydrogen) atoms. The molecule has 0 bridgehead atoms. The maximum atomic E-state index is 12.5. The number of rotatable bonds is 6. The second-order valence-corrected chi connectivity index (χ2v) is 7.90. The molecular weight excluding hydrogens is 400 g/mol. The number of carbonyl (C=O) groups excluding carboxylic acids is 1. The summed E-state index contributed by atoms with van der Waals surface area (Å²) in [7, 11) is 1.66. The zero-order chi connectivity index (χ0) is 20.9. The van der Waals surface area contributed by atoms with Gasteiger partial charge in [0.15, 0.2) is 5.82 Å². The average Bonchev–Trinajstić information content (AvgIpc) is 3.26. The predicted octanol–water partition coefficient (Wildman–Crippen LogP) is 4.07. The highest BCUT2D eigenvalue weighted by molar-refractivity contribution is 6.31. The lowest BCUT2D eigenvalue weighted by atomic mass is 10.0. The van der Waals surface area contributed by atoms with Gasteiger partial charge in [0, 0.05) is 30.2 Å². The molecular formula is C23H25ClN4O2. The Bertz CT molecular complexity index is 1000. The number of benzene rings is 2. The van der Waals surface area contributed by atoms with Gasteiger partial charge in [0.05, 0.1) is 19.2 Å².